The Morgan fingerprint density at radius 2 is 1.74 bits per heavy atom. The summed E-state index contributed by atoms with van der Waals surface area (Å²) in [5, 5.41) is 4.54. The van der Waals surface area contributed by atoms with Gasteiger partial charge in [-0.05, 0) is 20.8 Å². The first-order chi connectivity index (χ1) is 8.51. The topological polar surface area (TPSA) is 52.2 Å². The van der Waals surface area contributed by atoms with E-state index >= 15 is 0 Å². The van der Waals surface area contributed by atoms with Gasteiger partial charge in [0, 0.05) is 11.6 Å². The lowest BCUT2D eigenvalue weighted by atomic mass is 9.93. The van der Waals surface area contributed by atoms with Gasteiger partial charge in [0.15, 0.2) is 10.8 Å². The molecule has 2 rings (SSSR count). The second-order valence-electron chi connectivity index (χ2n) is 6.73. The third-order valence-electron chi connectivity index (χ3n) is 2.87. The van der Waals surface area contributed by atoms with Gasteiger partial charge >= 0.3 is 5.69 Å². The Balaban J connectivity index is 2.83. The Morgan fingerprint density at radius 3 is 2.21 bits per heavy atom. The van der Waals surface area contributed by atoms with Crippen LogP contribution in [0.1, 0.15) is 47.2 Å². The molecule has 0 unspecified atom stereocenters. The summed E-state index contributed by atoms with van der Waals surface area (Å²) < 4.78 is 2.91. The van der Waals surface area contributed by atoms with E-state index in [9.17, 15) is 4.79 Å². The van der Waals surface area contributed by atoms with Crippen molar-refractivity contribution in [2.24, 2.45) is 0 Å². The maximum atomic E-state index is 12.4. The van der Waals surface area contributed by atoms with Gasteiger partial charge in [-0.15, -0.1) is 5.10 Å². The first-order valence-electron chi connectivity index (χ1n) is 6.21. The second kappa shape index (κ2) is 4.07. The van der Waals surface area contributed by atoms with E-state index in [2.05, 4.69) is 10.1 Å². The smallest absolute Gasteiger partial charge is 0.246 e. The molecule has 0 saturated heterocycles. The van der Waals surface area contributed by atoms with Gasteiger partial charge in [0.2, 0.25) is 0 Å². The maximum Gasteiger partial charge on any atom is 0.350 e. The van der Waals surface area contributed by atoms with E-state index in [-0.39, 0.29) is 16.3 Å². The molecule has 0 aliphatic carbocycles. The number of nitrogens with zero attached hydrogens (tertiary/aromatic N) is 4. The molecule has 2 aromatic heterocycles. The van der Waals surface area contributed by atoms with Crippen LogP contribution in [-0.4, -0.2) is 19.2 Å². The molecule has 0 atom stereocenters. The van der Waals surface area contributed by atoms with E-state index in [0.29, 0.717) is 5.65 Å². The fourth-order valence-electron chi connectivity index (χ4n) is 1.74. The highest BCUT2D eigenvalue weighted by atomic mass is 35.5. The van der Waals surface area contributed by atoms with E-state index < -0.39 is 5.54 Å². The lowest BCUT2D eigenvalue weighted by Crippen LogP contribution is -2.34. The van der Waals surface area contributed by atoms with Crippen molar-refractivity contribution in [3.8, 4) is 0 Å². The SMILES string of the molecule is CC(C)(C)c1cn2c(=O)n(C(C)(C)C)nc2c(Cl)n1. The Labute approximate surface area is 117 Å². The van der Waals surface area contributed by atoms with E-state index in [0.717, 1.165) is 5.69 Å². The minimum absolute atomic E-state index is 0.179. The van der Waals surface area contributed by atoms with Gasteiger partial charge in [-0.3, -0.25) is 0 Å². The van der Waals surface area contributed by atoms with Gasteiger partial charge < -0.3 is 0 Å². The second-order valence-corrected chi connectivity index (χ2v) is 7.08. The standard InChI is InChI=1S/C13H19ClN4O/c1-12(2,3)8-7-17-10(9(14)15-8)16-18(11(17)19)13(4,5)6/h7H,1-6H3. The molecule has 0 fully saturated rings. The summed E-state index contributed by atoms with van der Waals surface area (Å²) in [6.45, 7) is 11.8. The molecule has 0 N–H and O–H groups in total. The van der Waals surface area contributed by atoms with Crippen molar-refractivity contribution in [1.29, 1.82) is 0 Å². The summed E-state index contributed by atoms with van der Waals surface area (Å²) in [5.74, 6) is 0. The summed E-state index contributed by atoms with van der Waals surface area (Å²) in [7, 11) is 0. The lowest BCUT2D eigenvalue weighted by molar-refractivity contribution is 0.344. The van der Waals surface area contributed by atoms with Crippen LogP contribution in [-0.2, 0) is 11.0 Å². The Hall–Kier alpha value is -1.36. The zero-order valence-electron chi connectivity index (χ0n) is 12.2. The predicted molar refractivity (Wildman–Crippen MR) is 76.0 cm³/mol. The highest BCUT2D eigenvalue weighted by molar-refractivity contribution is 6.32. The molecule has 0 saturated carbocycles. The molecule has 6 heteroatoms. The fraction of sp³-hybridized carbons (Fsp3) is 0.615. The molecule has 2 aromatic rings. The highest BCUT2D eigenvalue weighted by Crippen LogP contribution is 2.23. The molecule has 0 bridgehead atoms. The van der Waals surface area contributed by atoms with E-state index in [4.69, 9.17) is 11.6 Å². The van der Waals surface area contributed by atoms with Crippen molar-refractivity contribution in [2.45, 2.75) is 52.5 Å². The molecule has 0 radical (unpaired) electrons. The summed E-state index contributed by atoms with van der Waals surface area (Å²) in [4.78, 5) is 16.7. The van der Waals surface area contributed by atoms with Crippen LogP contribution in [0.5, 0.6) is 0 Å². The number of aromatic nitrogens is 4. The third kappa shape index (κ3) is 2.39. The Bertz CT molecular complexity index is 685. The Kier molecular flexibility index (Phi) is 3.01. The van der Waals surface area contributed by atoms with Crippen molar-refractivity contribution in [1.82, 2.24) is 19.2 Å². The number of hydrogen-bond donors (Lipinski definition) is 0. The molecular formula is C13H19ClN4O. The van der Waals surface area contributed by atoms with E-state index in [1.165, 1.54) is 9.08 Å². The van der Waals surface area contributed by atoms with Crippen molar-refractivity contribution in [3.05, 3.63) is 27.5 Å². The molecule has 0 aliphatic heterocycles. The van der Waals surface area contributed by atoms with Crippen LogP contribution < -0.4 is 5.69 Å². The van der Waals surface area contributed by atoms with Gasteiger partial charge in [0.1, 0.15) is 0 Å². The number of halogens is 1. The van der Waals surface area contributed by atoms with E-state index in [1.54, 1.807) is 6.20 Å². The van der Waals surface area contributed by atoms with Gasteiger partial charge in [0.05, 0.1) is 11.2 Å². The van der Waals surface area contributed by atoms with Crippen LogP contribution in [0.2, 0.25) is 5.15 Å². The number of rotatable bonds is 0. The van der Waals surface area contributed by atoms with Crippen LogP contribution >= 0.6 is 11.6 Å². The summed E-state index contributed by atoms with van der Waals surface area (Å²) in [6, 6.07) is 0. The third-order valence-corrected chi connectivity index (χ3v) is 3.12. The van der Waals surface area contributed by atoms with Gasteiger partial charge in [0.25, 0.3) is 0 Å². The molecule has 0 aromatic carbocycles. The molecular weight excluding hydrogens is 264 g/mol. The lowest BCUT2D eigenvalue weighted by Gasteiger charge is -2.17. The van der Waals surface area contributed by atoms with Crippen molar-refractivity contribution in [3.63, 3.8) is 0 Å². The average Bonchev–Trinajstić information content (AvgIpc) is 2.55. The summed E-state index contributed by atoms with van der Waals surface area (Å²) in [5.41, 5.74) is 0.391. The molecule has 104 valence electrons. The van der Waals surface area contributed by atoms with Crippen molar-refractivity contribution >= 4 is 17.2 Å². The molecule has 5 nitrogen and oxygen atoms in total. The predicted octanol–water partition coefficient (Wildman–Crippen LogP) is 2.60. The van der Waals surface area contributed by atoms with Crippen LogP contribution in [0.25, 0.3) is 5.65 Å². The van der Waals surface area contributed by atoms with Crippen LogP contribution in [0.4, 0.5) is 0 Å². The van der Waals surface area contributed by atoms with Crippen LogP contribution in [0.3, 0.4) is 0 Å². The monoisotopic (exact) mass is 282 g/mol. The van der Waals surface area contributed by atoms with Gasteiger partial charge in [-0.25, -0.2) is 18.9 Å². The molecule has 2 heterocycles. The minimum Gasteiger partial charge on any atom is -0.246 e. The zero-order chi connectivity index (χ0) is 14.6. The van der Waals surface area contributed by atoms with Crippen LogP contribution in [0, 0.1) is 0 Å². The van der Waals surface area contributed by atoms with Crippen LogP contribution in [0.15, 0.2) is 11.0 Å². The molecule has 19 heavy (non-hydrogen) atoms. The zero-order valence-corrected chi connectivity index (χ0v) is 12.9. The Morgan fingerprint density at radius 1 is 1.16 bits per heavy atom. The highest BCUT2D eigenvalue weighted by Gasteiger charge is 2.24. The molecule has 0 spiro atoms. The minimum atomic E-state index is -0.395. The summed E-state index contributed by atoms with van der Waals surface area (Å²) >= 11 is 6.16. The first-order valence-corrected chi connectivity index (χ1v) is 6.58. The van der Waals surface area contributed by atoms with Crippen molar-refractivity contribution < 1.29 is 0 Å². The van der Waals surface area contributed by atoms with Gasteiger partial charge in [-0.1, -0.05) is 32.4 Å². The van der Waals surface area contributed by atoms with Crippen molar-refractivity contribution in [2.75, 3.05) is 0 Å². The van der Waals surface area contributed by atoms with Gasteiger partial charge in [-0.2, -0.15) is 0 Å². The van der Waals surface area contributed by atoms with E-state index in [1.807, 2.05) is 41.5 Å². The normalized spacial score (nSPS) is 13.2. The number of fused-ring (bicyclic) bond motifs is 1. The quantitative estimate of drug-likeness (QED) is 0.746. The number of hydrogen-bond acceptors (Lipinski definition) is 3. The summed E-state index contributed by atoms with van der Waals surface area (Å²) in [6.07, 6.45) is 1.72. The molecule has 0 amide bonds. The first kappa shape index (κ1) is 14.1. The largest absolute Gasteiger partial charge is 0.350 e. The maximum absolute atomic E-state index is 12.4. The fourth-order valence-corrected chi connectivity index (χ4v) is 1.96. The molecule has 0 aliphatic rings. The average molecular weight is 283 g/mol.